The predicted molar refractivity (Wildman–Crippen MR) is 75.3 cm³/mol. The molecule has 8 nitrogen and oxygen atoms in total. The molecule has 144 valence electrons. The predicted octanol–water partition coefficient (Wildman–Crippen LogP) is 3.42. The lowest BCUT2D eigenvalue weighted by atomic mass is 10.1. The van der Waals surface area contributed by atoms with Gasteiger partial charge in [-0.2, -0.15) is 36.3 Å². The van der Waals surface area contributed by atoms with E-state index in [-0.39, 0.29) is 22.8 Å². The van der Waals surface area contributed by atoms with Gasteiger partial charge in [0.1, 0.15) is 5.75 Å². The van der Waals surface area contributed by atoms with Crippen molar-refractivity contribution in [2.24, 2.45) is 0 Å². The molecule has 0 bridgehead atoms. The van der Waals surface area contributed by atoms with E-state index >= 15 is 0 Å². The molecule has 0 spiro atoms. The molecular formula is C13H7F6N5O3. The molecule has 3 aromatic rings. The Morgan fingerprint density at radius 2 is 1.70 bits per heavy atom. The highest BCUT2D eigenvalue weighted by Crippen LogP contribution is 2.39. The molecule has 0 saturated carbocycles. The quantitative estimate of drug-likeness (QED) is 0.648. The zero-order chi connectivity index (χ0) is 19.8. The van der Waals surface area contributed by atoms with Crippen molar-refractivity contribution >= 4 is 22.8 Å². The summed E-state index contributed by atoms with van der Waals surface area (Å²) in [4.78, 5) is 7.33. The van der Waals surface area contributed by atoms with Gasteiger partial charge in [0, 0.05) is 5.69 Å². The second-order valence-electron chi connectivity index (χ2n) is 5.04. The zero-order valence-corrected chi connectivity index (χ0v) is 12.8. The molecule has 2 N–H and O–H groups in total. The number of halogens is 6. The van der Waals surface area contributed by atoms with Crippen LogP contribution in [0, 0.1) is 0 Å². The minimum absolute atomic E-state index is 0.128. The Kier molecular flexibility index (Phi) is 4.41. The van der Waals surface area contributed by atoms with Gasteiger partial charge in [-0.05, 0) is 28.5 Å². The molecule has 0 fully saturated rings. The summed E-state index contributed by atoms with van der Waals surface area (Å²) in [5, 5.41) is 18.8. The van der Waals surface area contributed by atoms with Gasteiger partial charge in [-0.3, -0.25) is 0 Å². The molecule has 0 aliphatic rings. The molecule has 14 heteroatoms. The van der Waals surface area contributed by atoms with E-state index in [1.807, 2.05) is 0 Å². The van der Waals surface area contributed by atoms with E-state index in [0.717, 1.165) is 6.07 Å². The molecule has 0 aliphatic heterocycles. The Labute approximate surface area is 144 Å². The van der Waals surface area contributed by atoms with Crippen LogP contribution >= 0.6 is 0 Å². The van der Waals surface area contributed by atoms with E-state index in [1.165, 1.54) is 0 Å². The number of rotatable bonds is 4. The first kappa shape index (κ1) is 18.5. The van der Waals surface area contributed by atoms with Crippen LogP contribution in [0.15, 0.2) is 22.8 Å². The third-order valence-electron chi connectivity index (χ3n) is 3.03. The number of fused-ring (bicyclic) bond motifs is 1. The third kappa shape index (κ3) is 4.27. The lowest BCUT2D eigenvalue weighted by Gasteiger charge is -2.16. The summed E-state index contributed by atoms with van der Waals surface area (Å²) in [6.07, 6.45) is -9.80. The van der Waals surface area contributed by atoms with Crippen molar-refractivity contribution in [3.8, 4) is 11.6 Å². The average molecular weight is 395 g/mol. The van der Waals surface area contributed by atoms with Crippen molar-refractivity contribution in [2.75, 3.05) is 11.9 Å². The van der Waals surface area contributed by atoms with Gasteiger partial charge in [0.15, 0.2) is 12.4 Å². The summed E-state index contributed by atoms with van der Waals surface area (Å²) < 4.78 is 84.6. The summed E-state index contributed by atoms with van der Waals surface area (Å²) >= 11 is 0. The number of ether oxygens (including phenoxy) is 1. The van der Waals surface area contributed by atoms with Crippen LogP contribution in [-0.2, 0) is 6.18 Å². The number of nitrogens with one attached hydrogen (secondary N) is 1. The fourth-order valence-electron chi connectivity index (χ4n) is 1.96. The summed E-state index contributed by atoms with van der Waals surface area (Å²) in [6.45, 7) is -1.88. The number of nitrogens with zero attached hydrogens (tertiary/aromatic N) is 4. The maximum Gasteiger partial charge on any atom is 0.422 e. The van der Waals surface area contributed by atoms with Crippen LogP contribution in [0.1, 0.15) is 5.56 Å². The van der Waals surface area contributed by atoms with Crippen molar-refractivity contribution in [1.82, 2.24) is 20.3 Å². The molecule has 0 radical (unpaired) electrons. The molecule has 2 aromatic heterocycles. The molecule has 2 heterocycles. The molecule has 3 rings (SSSR count). The average Bonchev–Trinajstić information content (AvgIpc) is 2.99. The smallest absolute Gasteiger partial charge is 0.422 e. The highest BCUT2D eigenvalue weighted by molar-refractivity contribution is 5.71. The van der Waals surface area contributed by atoms with E-state index in [0.29, 0.717) is 12.1 Å². The first-order valence-corrected chi connectivity index (χ1v) is 6.90. The molecule has 0 aliphatic carbocycles. The monoisotopic (exact) mass is 395 g/mol. The fraction of sp³-hybridized carbons (Fsp3) is 0.231. The molecule has 0 unspecified atom stereocenters. The van der Waals surface area contributed by atoms with Crippen molar-refractivity contribution in [3.63, 3.8) is 0 Å². The number of benzene rings is 1. The van der Waals surface area contributed by atoms with Crippen LogP contribution < -0.4 is 10.1 Å². The Balaban J connectivity index is 1.92. The van der Waals surface area contributed by atoms with Gasteiger partial charge >= 0.3 is 12.4 Å². The summed E-state index contributed by atoms with van der Waals surface area (Å²) in [6, 6.07) is 2.21. The van der Waals surface area contributed by atoms with Gasteiger partial charge in [0.2, 0.25) is 11.3 Å². The summed E-state index contributed by atoms with van der Waals surface area (Å²) in [7, 11) is 0. The van der Waals surface area contributed by atoms with Crippen LogP contribution in [0.3, 0.4) is 0 Å². The second-order valence-corrected chi connectivity index (χ2v) is 5.04. The maximum atomic E-state index is 13.1. The van der Waals surface area contributed by atoms with E-state index in [1.54, 1.807) is 0 Å². The lowest BCUT2D eigenvalue weighted by molar-refractivity contribution is -0.158. The number of aromatic nitrogens is 4. The first-order chi connectivity index (χ1) is 12.5. The Morgan fingerprint density at radius 3 is 2.33 bits per heavy atom. The van der Waals surface area contributed by atoms with E-state index < -0.39 is 36.2 Å². The van der Waals surface area contributed by atoms with Gasteiger partial charge in [-0.15, -0.1) is 0 Å². The van der Waals surface area contributed by atoms with Gasteiger partial charge in [-0.1, -0.05) is 0 Å². The van der Waals surface area contributed by atoms with Crippen LogP contribution in [0.5, 0.6) is 11.6 Å². The molecule has 0 atom stereocenters. The molecule has 27 heavy (non-hydrogen) atoms. The highest BCUT2D eigenvalue weighted by Gasteiger charge is 2.36. The minimum atomic E-state index is -4.99. The molecular weight excluding hydrogens is 388 g/mol. The van der Waals surface area contributed by atoms with Crippen LogP contribution in [0.25, 0.3) is 11.3 Å². The lowest BCUT2D eigenvalue weighted by Crippen LogP contribution is -2.21. The highest BCUT2D eigenvalue weighted by atomic mass is 19.4. The molecule has 1 aromatic carbocycles. The number of anilines is 2. The van der Waals surface area contributed by atoms with Gasteiger partial charge < -0.3 is 15.2 Å². The Hall–Kier alpha value is -3.32. The number of aromatic hydroxyl groups is 1. The standard InChI is InChI=1S/C13H7F6N5O3/c14-12(15,16)4-26-7-2-1-5(3-6(7)13(17,18)19)20-10-11(25)22-9-8(21-10)23-27-24-9/h1-3H,4H2,(H,20,21,23)(H,22,24,25). The van der Waals surface area contributed by atoms with E-state index in [2.05, 4.69) is 35.0 Å². The second kappa shape index (κ2) is 6.44. The third-order valence-corrected chi connectivity index (χ3v) is 3.03. The van der Waals surface area contributed by atoms with Crippen molar-refractivity contribution in [1.29, 1.82) is 0 Å². The molecule has 0 saturated heterocycles. The Bertz CT molecular complexity index is 971. The van der Waals surface area contributed by atoms with Crippen LogP contribution in [-0.4, -0.2) is 38.2 Å². The number of alkyl halides is 6. The minimum Gasteiger partial charge on any atom is -0.491 e. The number of hydrogen-bond donors (Lipinski definition) is 2. The van der Waals surface area contributed by atoms with Gasteiger partial charge in [-0.25, -0.2) is 4.63 Å². The summed E-state index contributed by atoms with van der Waals surface area (Å²) in [5.41, 5.74) is -1.96. The van der Waals surface area contributed by atoms with Crippen LogP contribution in [0.2, 0.25) is 0 Å². The van der Waals surface area contributed by atoms with Crippen molar-refractivity contribution in [3.05, 3.63) is 23.8 Å². The van der Waals surface area contributed by atoms with E-state index in [4.69, 9.17) is 0 Å². The maximum absolute atomic E-state index is 13.1. The molecule has 0 amide bonds. The SMILES string of the molecule is Oc1nc2nonc2nc1Nc1ccc(OCC(F)(F)F)c(C(F)(F)F)c1. The zero-order valence-electron chi connectivity index (χ0n) is 12.8. The van der Waals surface area contributed by atoms with E-state index in [9.17, 15) is 31.4 Å². The Morgan fingerprint density at radius 1 is 1.04 bits per heavy atom. The van der Waals surface area contributed by atoms with Gasteiger partial charge in [0.25, 0.3) is 5.88 Å². The fourth-order valence-corrected chi connectivity index (χ4v) is 1.96. The summed E-state index contributed by atoms with van der Waals surface area (Å²) in [5.74, 6) is -2.07. The normalized spacial score (nSPS) is 12.4. The largest absolute Gasteiger partial charge is 0.491 e. The van der Waals surface area contributed by atoms with Crippen molar-refractivity contribution < 1.29 is 40.8 Å². The van der Waals surface area contributed by atoms with Crippen molar-refractivity contribution in [2.45, 2.75) is 12.4 Å². The topological polar surface area (TPSA) is 106 Å². The van der Waals surface area contributed by atoms with Crippen LogP contribution in [0.4, 0.5) is 37.8 Å². The van der Waals surface area contributed by atoms with Gasteiger partial charge in [0.05, 0.1) is 5.56 Å². The number of hydrogen-bond acceptors (Lipinski definition) is 8. The first-order valence-electron chi connectivity index (χ1n) is 6.90.